The summed E-state index contributed by atoms with van der Waals surface area (Å²) in [5, 5.41) is 0. The highest BCUT2D eigenvalue weighted by atomic mass is 79.9. The molecule has 0 bridgehead atoms. The summed E-state index contributed by atoms with van der Waals surface area (Å²) in [6.07, 6.45) is 3.19. The zero-order valence-electron chi connectivity index (χ0n) is 11.2. The Morgan fingerprint density at radius 3 is 2.71 bits per heavy atom. The number of rotatable bonds is 4. The average Bonchev–Trinajstić information content (AvgIpc) is 3.04. The van der Waals surface area contributed by atoms with Crippen molar-refractivity contribution in [3.05, 3.63) is 45.8 Å². The van der Waals surface area contributed by atoms with Gasteiger partial charge in [-0.1, -0.05) is 6.07 Å². The van der Waals surface area contributed by atoms with Crippen molar-refractivity contribution < 1.29 is 12.8 Å². The van der Waals surface area contributed by atoms with Gasteiger partial charge < -0.3 is 10.2 Å². The SMILES string of the molecule is NCc1cc(S(=O)(=O)Nc2ccc3c(c2)CCC3)c(Br)o1. The number of nitrogens with one attached hydrogen (secondary N) is 1. The van der Waals surface area contributed by atoms with Gasteiger partial charge in [-0.25, -0.2) is 8.42 Å². The first kappa shape index (κ1) is 14.6. The Labute approximate surface area is 131 Å². The predicted octanol–water partition coefficient (Wildman–Crippen LogP) is 2.79. The molecule has 0 spiro atoms. The van der Waals surface area contributed by atoms with Crippen LogP contribution in [0.1, 0.15) is 23.3 Å². The van der Waals surface area contributed by atoms with Crippen LogP contribution in [0.15, 0.2) is 38.2 Å². The van der Waals surface area contributed by atoms with Crippen LogP contribution >= 0.6 is 15.9 Å². The molecule has 0 unspecified atom stereocenters. The molecule has 1 aromatic heterocycles. The third-order valence-corrected chi connectivity index (χ3v) is 5.79. The fourth-order valence-corrected chi connectivity index (χ4v) is 4.58. The standard InChI is InChI=1S/C14H15BrN2O3S/c15-14-13(7-12(8-16)20-14)21(18,19)17-11-5-4-9-2-1-3-10(9)6-11/h4-7,17H,1-3,8,16H2. The van der Waals surface area contributed by atoms with Crippen LogP contribution in [0.4, 0.5) is 5.69 Å². The molecule has 112 valence electrons. The van der Waals surface area contributed by atoms with E-state index in [0.29, 0.717) is 11.4 Å². The van der Waals surface area contributed by atoms with E-state index in [4.69, 9.17) is 10.2 Å². The number of benzene rings is 1. The number of halogens is 1. The van der Waals surface area contributed by atoms with Gasteiger partial charge in [0.2, 0.25) is 0 Å². The van der Waals surface area contributed by atoms with Gasteiger partial charge in [0, 0.05) is 11.8 Å². The summed E-state index contributed by atoms with van der Waals surface area (Å²) in [6.45, 7) is 0.146. The second-order valence-electron chi connectivity index (χ2n) is 5.00. The largest absolute Gasteiger partial charge is 0.452 e. The van der Waals surface area contributed by atoms with Gasteiger partial charge in [-0.15, -0.1) is 0 Å². The number of aryl methyl sites for hydroxylation is 2. The van der Waals surface area contributed by atoms with Crippen molar-refractivity contribution in [1.82, 2.24) is 0 Å². The molecule has 0 atom stereocenters. The first-order valence-corrected chi connectivity index (χ1v) is 8.90. The predicted molar refractivity (Wildman–Crippen MR) is 83.6 cm³/mol. The van der Waals surface area contributed by atoms with Gasteiger partial charge in [-0.2, -0.15) is 0 Å². The Morgan fingerprint density at radius 1 is 1.24 bits per heavy atom. The Morgan fingerprint density at radius 2 is 2.00 bits per heavy atom. The van der Waals surface area contributed by atoms with Gasteiger partial charge >= 0.3 is 0 Å². The molecule has 0 radical (unpaired) electrons. The van der Waals surface area contributed by atoms with E-state index in [1.54, 1.807) is 6.07 Å². The topological polar surface area (TPSA) is 85.3 Å². The smallest absolute Gasteiger partial charge is 0.266 e. The van der Waals surface area contributed by atoms with Crippen molar-refractivity contribution in [1.29, 1.82) is 0 Å². The van der Waals surface area contributed by atoms with Crippen LogP contribution in [0.3, 0.4) is 0 Å². The van der Waals surface area contributed by atoms with Gasteiger partial charge in [0.15, 0.2) is 4.67 Å². The van der Waals surface area contributed by atoms with E-state index in [2.05, 4.69) is 20.7 Å². The van der Waals surface area contributed by atoms with Gasteiger partial charge in [0.05, 0.1) is 6.54 Å². The summed E-state index contributed by atoms with van der Waals surface area (Å²) in [5.41, 5.74) is 8.54. The molecule has 0 saturated carbocycles. The van der Waals surface area contributed by atoms with E-state index < -0.39 is 10.0 Å². The number of sulfonamides is 1. The number of hydrogen-bond acceptors (Lipinski definition) is 4. The van der Waals surface area contributed by atoms with Gasteiger partial charge in [0.25, 0.3) is 10.0 Å². The quantitative estimate of drug-likeness (QED) is 0.866. The molecule has 0 aliphatic heterocycles. The van der Waals surface area contributed by atoms with E-state index in [1.165, 1.54) is 17.2 Å². The molecule has 0 amide bonds. The molecule has 3 N–H and O–H groups in total. The molecule has 21 heavy (non-hydrogen) atoms. The molecule has 1 aromatic carbocycles. The monoisotopic (exact) mass is 370 g/mol. The lowest BCUT2D eigenvalue weighted by Gasteiger charge is -2.08. The minimum Gasteiger partial charge on any atom is -0.452 e. The summed E-state index contributed by atoms with van der Waals surface area (Å²) >= 11 is 3.12. The van der Waals surface area contributed by atoms with Crippen LogP contribution in [0.5, 0.6) is 0 Å². The van der Waals surface area contributed by atoms with Gasteiger partial charge in [-0.05, 0) is 58.5 Å². The van der Waals surface area contributed by atoms with E-state index in [-0.39, 0.29) is 16.1 Å². The highest BCUT2D eigenvalue weighted by Crippen LogP contribution is 2.29. The van der Waals surface area contributed by atoms with E-state index >= 15 is 0 Å². The van der Waals surface area contributed by atoms with Gasteiger partial charge in [0.1, 0.15) is 10.7 Å². The number of hydrogen-bond donors (Lipinski definition) is 2. The molecule has 7 heteroatoms. The summed E-state index contributed by atoms with van der Waals surface area (Å²) < 4.78 is 32.8. The van der Waals surface area contributed by atoms with Gasteiger partial charge in [-0.3, -0.25) is 4.72 Å². The number of furan rings is 1. The third-order valence-electron chi connectivity index (χ3n) is 3.55. The minimum atomic E-state index is -3.70. The molecular weight excluding hydrogens is 356 g/mol. The second-order valence-corrected chi connectivity index (χ2v) is 7.37. The maximum absolute atomic E-state index is 12.4. The van der Waals surface area contributed by atoms with Crippen LogP contribution in [0.2, 0.25) is 0 Å². The van der Waals surface area contributed by atoms with Crippen molar-refractivity contribution in [3.63, 3.8) is 0 Å². The zero-order chi connectivity index (χ0) is 15.0. The third kappa shape index (κ3) is 2.86. The molecule has 1 aliphatic rings. The van der Waals surface area contributed by atoms with Crippen molar-refractivity contribution in [2.24, 2.45) is 5.73 Å². The van der Waals surface area contributed by atoms with Crippen LogP contribution < -0.4 is 10.5 Å². The molecule has 1 heterocycles. The lowest BCUT2D eigenvalue weighted by atomic mass is 10.1. The van der Waals surface area contributed by atoms with Crippen LogP contribution in [0.25, 0.3) is 0 Å². The van der Waals surface area contributed by atoms with Crippen LogP contribution in [-0.2, 0) is 29.4 Å². The summed E-state index contributed by atoms with van der Waals surface area (Å²) in [6, 6.07) is 7.10. The highest BCUT2D eigenvalue weighted by Gasteiger charge is 2.23. The molecule has 1 aliphatic carbocycles. The second kappa shape index (κ2) is 5.47. The molecule has 5 nitrogen and oxygen atoms in total. The van der Waals surface area contributed by atoms with Crippen molar-refractivity contribution in [3.8, 4) is 0 Å². The Bertz CT molecular complexity index is 784. The van der Waals surface area contributed by atoms with Crippen molar-refractivity contribution >= 4 is 31.6 Å². The lowest BCUT2D eigenvalue weighted by molar-refractivity contribution is 0.484. The van der Waals surface area contributed by atoms with E-state index in [9.17, 15) is 8.42 Å². The fourth-order valence-electron chi connectivity index (χ4n) is 2.53. The van der Waals surface area contributed by atoms with Crippen molar-refractivity contribution in [2.45, 2.75) is 30.7 Å². The minimum absolute atomic E-state index is 0.0587. The maximum Gasteiger partial charge on any atom is 0.266 e. The van der Waals surface area contributed by atoms with E-state index in [1.807, 2.05) is 12.1 Å². The molecule has 2 aromatic rings. The molecule has 0 saturated heterocycles. The van der Waals surface area contributed by atoms with E-state index in [0.717, 1.165) is 19.3 Å². The highest BCUT2D eigenvalue weighted by molar-refractivity contribution is 9.10. The number of fused-ring (bicyclic) bond motifs is 1. The zero-order valence-corrected chi connectivity index (χ0v) is 13.6. The normalized spacial score (nSPS) is 14.2. The number of nitrogens with two attached hydrogens (primary N) is 1. The summed E-state index contributed by atoms with van der Waals surface area (Å²) in [4.78, 5) is 0.0587. The summed E-state index contributed by atoms with van der Waals surface area (Å²) in [7, 11) is -3.70. The maximum atomic E-state index is 12.4. The van der Waals surface area contributed by atoms with Crippen LogP contribution in [0, 0.1) is 0 Å². The fraction of sp³-hybridized carbons (Fsp3) is 0.286. The Hall–Kier alpha value is -1.31. The van der Waals surface area contributed by atoms with Crippen molar-refractivity contribution in [2.75, 3.05) is 4.72 Å². The molecule has 3 rings (SSSR count). The first-order chi connectivity index (χ1) is 9.99. The number of anilines is 1. The van der Waals surface area contributed by atoms with Crippen LogP contribution in [-0.4, -0.2) is 8.42 Å². The molecular formula is C14H15BrN2O3S. The Balaban J connectivity index is 1.90. The Kier molecular flexibility index (Phi) is 3.81. The lowest BCUT2D eigenvalue weighted by Crippen LogP contribution is -2.13. The first-order valence-electron chi connectivity index (χ1n) is 6.62. The molecule has 0 fully saturated rings. The average molecular weight is 371 g/mol. The summed E-state index contributed by atoms with van der Waals surface area (Å²) in [5.74, 6) is 0.413.